The minimum atomic E-state index is -3.41. The van der Waals surface area contributed by atoms with Crippen LogP contribution in [0.3, 0.4) is 0 Å². The summed E-state index contributed by atoms with van der Waals surface area (Å²) in [6.07, 6.45) is 0. The molecular formula is C28H26BrNO5S. The Morgan fingerprint density at radius 3 is 2.25 bits per heavy atom. The molecule has 0 N–H and O–H groups in total. The van der Waals surface area contributed by atoms with E-state index in [4.69, 9.17) is 4.74 Å². The van der Waals surface area contributed by atoms with E-state index in [2.05, 4.69) is 15.9 Å². The van der Waals surface area contributed by atoms with E-state index in [0.29, 0.717) is 21.9 Å². The van der Waals surface area contributed by atoms with Gasteiger partial charge in [-0.1, -0.05) is 72.2 Å². The maximum atomic E-state index is 13.7. The lowest BCUT2D eigenvalue weighted by atomic mass is 9.96. The van der Waals surface area contributed by atoms with E-state index in [9.17, 15) is 18.0 Å². The second kappa shape index (κ2) is 10.4. The number of carbonyl (C=O) groups is 1. The highest BCUT2D eigenvalue weighted by molar-refractivity contribution is 9.10. The van der Waals surface area contributed by atoms with Gasteiger partial charge in [0, 0.05) is 15.4 Å². The number of hydrogen-bond donors (Lipinski definition) is 0. The molecule has 4 aromatic rings. The second-order valence-corrected chi connectivity index (χ2v) is 11.9. The van der Waals surface area contributed by atoms with Crippen LogP contribution in [0.2, 0.25) is 0 Å². The first-order valence-corrected chi connectivity index (χ1v) is 13.9. The second-order valence-electron chi connectivity index (χ2n) is 8.98. The van der Waals surface area contributed by atoms with Gasteiger partial charge >= 0.3 is 5.97 Å². The minimum Gasteiger partial charge on any atom is -0.464 e. The average Bonchev–Trinajstić information content (AvgIpc) is 2.85. The SMILES string of the molecule is COC(=O)c1c(-c2ccccc2)c2cc(Br)ccc2c(=O)n1Cc1ccc(S(=O)(=O)CC(C)C)cc1. The Labute approximate surface area is 218 Å². The molecule has 0 amide bonds. The molecule has 0 aliphatic heterocycles. The van der Waals surface area contributed by atoms with Crippen molar-refractivity contribution in [3.05, 3.63) is 98.9 Å². The number of sulfone groups is 1. The van der Waals surface area contributed by atoms with Crippen LogP contribution in [0.25, 0.3) is 21.9 Å². The van der Waals surface area contributed by atoms with Gasteiger partial charge < -0.3 is 4.74 Å². The molecule has 36 heavy (non-hydrogen) atoms. The van der Waals surface area contributed by atoms with Gasteiger partial charge in [0.15, 0.2) is 9.84 Å². The maximum absolute atomic E-state index is 13.7. The molecule has 0 aliphatic carbocycles. The smallest absolute Gasteiger partial charge is 0.355 e. The maximum Gasteiger partial charge on any atom is 0.355 e. The fourth-order valence-electron chi connectivity index (χ4n) is 4.30. The summed E-state index contributed by atoms with van der Waals surface area (Å²) < 4.78 is 32.5. The van der Waals surface area contributed by atoms with Crippen LogP contribution in [0.5, 0.6) is 0 Å². The largest absolute Gasteiger partial charge is 0.464 e. The summed E-state index contributed by atoms with van der Waals surface area (Å²) in [5, 5.41) is 1.09. The Morgan fingerprint density at radius 2 is 1.64 bits per heavy atom. The number of pyridine rings is 1. The van der Waals surface area contributed by atoms with Crippen molar-refractivity contribution in [3.63, 3.8) is 0 Å². The van der Waals surface area contributed by atoms with E-state index >= 15 is 0 Å². The number of aromatic nitrogens is 1. The number of carbonyl (C=O) groups excluding carboxylic acids is 1. The zero-order valence-electron chi connectivity index (χ0n) is 20.2. The predicted molar refractivity (Wildman–Crippen MR) is 145 cm³/mol. The van der Waals surface area contributed by atoms with Crippen LogP contribution < -0.4 is 5.56 Å². The standard InChI is InChI=1S/C28H26BrNO5S/c1-18(2)17-36(33,34)22-12-9-19(10-13-22)16-30-26(28(32)35-3)25(20-7-5-4-6-8-20)24-15-21(29)11-14-23(24)27(30)31/h4-15,18H,16-17H2,1-3H3. The normalized spacial score (nSPS) is 11.7. The minimum absolute atomic E-state index is 0.00455. The van der Waals surface area contributed by atoms with Crippen LogP contribution in [0.1, 0.15) is 29.9 Å². The van der Waals surface area contributed by atoms with Crippen molar-refractivity contribution < 1.29 is 17.9 Å². The molecule has 8 heteroatoms. The van der Waals surface area contributed by atoms with Gasteiger partial charge in [-0.25, -0.2) is 13.2 Å². The number of hydrogen-bond acceptors (Lipinski definition) is 5. The molecule has 0 aliphatic rings. The number of fused-ring (bicyclic) bond motifs is 1. The number of nitrogens with zero attached hydrogens (tertiary/aromatic N) is 1. The summed E-state index contributed by atoms with van der Waals surface area (Å²) in [7, 11) is -2.12. The molecule has 0 radical (unpaired) electrons. The van der Waals surface area contributed by atoms with E-state index in [1.54, 1.807) is 36.4 Å². The first kappa shape index (κ1) is 25.9. The van der Waals surface area contributed by atoms with E-state index in [1.165, 1.54) is 11.7 Å². The Kier molecular flexibility index (Phi) is 7.47. The number of benzene rings is 3. The summed E-state index contributed by atoms with van der Waals surface area (Å²) in [6, 6.07) is 21.2. The number of esters is 1. The van der Waals surface area contributed by atoms with Crippen LogP contribution in [0.4, 0.5) is 0 Å². The van der Waals surface area contributed by atoms with E-state index in [1.807, 2.05) is 50.2 Å². The van der Waals surface area contributed by atoms with Crippen LogP contribution in [0, 0.1) is 5.92 Å². The molecule has 186 valence electrons. The highest BCUT2D eigenvalue weighted by atomic mass is 79.9. The molecule has 1 heterocycles. The highest BCUT2D eigenvalue weighted by Gasteiger charge is 2.24. The lowest BCUT2D eigenvalue weighted by Gasteiger charge is -2.19. The summed E-state index contributed by atoms with van der Waals surface area (Å²) in [5.41, 5.74) is 1.84. The van der Waals surface area contributed by atoms with E-state index in [0.717, 1.165) is 10.0 Å². The average molecular weight is 568 g/mol. The molecule has 0 saturated carbocycles. The Balaban J connectivity index is 1.93. The van der Waals surface area contributed by atoms with Crippen LogP contribution in [-0.4, -0.2) is 31.8 Å². The summed E-state index contributed by atoms with van der Waals surface area (Å²) in [6.45, 7) is 3.78. The van der Waals surface area contributed by atoms with Gasteiger partial charge in [0.25, 0.3) is 5.56 Å². The van der Waals surface area contributed by atoms with E-state index < -0.39 is 15.8 Å². The zero-order valence-corrected chi connectivity index (χ0v) is 22.6. The van der Waals surface area contributed by atoms with Crippen molar-refractivity contribution in [1.29, 1.82) is 0 Å². The van der Waals surface area contributed by atoms with Crippen molar-refractivity contribution >= 4 is 42.5 Å². The molecule has 0 unspecified atom stereocenters. The summed E-state index contributed by atoms with van der Waals surface area (Å²) in [4.78, 5) is 27.0. The van der Waals surface area contributed by atoms with Crippen molar-refractivity contribution in [3.8, 4) is 11.1 Å². The number of ether oxygens (including phenoxy) is 1. The van der Waals surface area contributed by atoms with Gasteiger partial charge in [0.1, 0.15) is 5.69 Å². The Morgan fingerprint density at radius 1 is 0.972 bits per heavy atom. The van der Waals surface area contributed by atoms with Crippen molar-refractivity contribution in [2.75, 3.05) is 12.9 Å². The first-order valence-electron chi connectivity index (χ1n) is 11.4. The molecule has 0 atom stereocenters. The van der Waals surface area contributed by atoms with Gasteiger partial charge in [0.05, 0.1) is 24.3 Å². The van der Waals surface area contributed by atoms with E-state index in [-0.39, 0.29) is 34.4 Å². The van der Waals surface area contributed by atoms with Crippen LogP contribution in [-0.2, 0) is 21.1 Å². The first-order chi connectivity index (χ1) is 17.1. The van der Waals surface area contributed by atoms with Gasteiger partial charge in [-0.3, -0.25) is 9.36 Å². The summed E-state index contributed by atoms with van der Waals surface area (Å²) >= 11 is 3.48. The van der Waals surface area contributed by atoms with Gasteiger partial charge in [-0.15, -0.1) is 0 Å². The lowest BCUT2D eigenvalue weighted by molar-refractivity contribution is 0.0588. The van der Waals surface area contributed by atoms with Crippen molar-refractivity contribution in [2.24, 2.45) is 5.92 Å². The third-order valence-electron chi connectivity index (χ3n) is 5.85. The quantitative estimate of drug-likeness (QED) is 0.268. The fraction of sp³-hybridized carbons (Fsp3) is 0.214. The number of rotatable bonds is 7. The molecule has 0 saturated heterocycles. The molecule has 1 aromatic heterocycles. The van der Waals surface area contributed by atoms with Crippen molar-refractivity contribution in [1.82, 2.24) is 4.57 Å². The molecule has 6 nitrogen and oxygen atoms in total. The number of methoxy groups -OCH3 is 1. The van der Waals surface area contributed by atoms with Gasteiger partial charge in [-0.2, -0.15) is 0 Å². The Hall–Kier alpha value is -3.23. The van der Waals surface area contributed by atoms with Crippen LogP contribution >= 0.6 is 15.9 Å². The topological polar surface area (TPSA) is 82.4 Å². The number of halogens is 1. The molecule has 0 bridgehead atoms. The highest BCUT2D eigenvalue weighted by Crippen LogP contribution is 2.33. The molecule has 0 spiro atoms. The van der Waals surface area contributed by atoms with Crippen LogP contribution in [0.15, 0.2) is 87.0 Å². The van der Waals surface area contributed by atoms with Gasteiger partial charge in [-0.05, 0) is 52.8 Å². The molecule has 0 fully saturated rings. The molecule has 4 rings (SSSR count). The molecular weight excluding hydrogens is 542 g/mol. The van der Waals surface area contributed by atoms with Gasteiger partial charge in [0.2, 0.25) is 0 Å². The monoisotopic (exact) mass is 567 g/mol. The predicted octanol–water partition coefficient (Wildman–Crippen LogP) is 5.70. The molecule has 3 aromatic carbocycles. The summed E-state index contributed by atoms with van der Waals surface area (Å²) in [5.74, 6) is -0.576. The zero-order chi connectivity index (χ0) is 26.0. The third-order valence-corrected chi connectivity index (χ3v) is 8.44. The lowest BCUT2D eigenvalue weighted by Crippen LogP contribution is -2.28. The fourth-order valence-corrected chi connectivity index (χ4v) is 6.28. The third kappa shape index (κ3) is 5.15. The Bertz CT molecular complexity index is 1590. The van der Waals surface area contributed by atoms with Crippen molar-refractivity contribution in [2.45, 2.75) is 25.3 Å².